The Bertz CT molecular complexity index is 458. The number of aromatic nitrogens is 1. The van der Waals surface area contributed by atoms with Gasteiger partial charge in [-0.2, -0.15) is 0 Å². The van der Waals surface area contributed by atoms with Crippen molar-refractivity contribution in [2.75, 3.05) is 0 Å². The average Bonchev–Trinajstić information content (AvgIpc) is 2.87. The molecule has 1 fully saturated rings. The molecular formula is C16H24N2O. The van der Waals surface area contributed by atoms with Gasteiger partial charge >= 0.3 is 0 Å². The molecule has 0 saturated heterocycles. The van der Waals surface area contributed by atoms with Gasteiger partial charge in [0.15, 0.2) is 0 Å². The zero-order valence-corrected chi connectivity index (χ0v) is 11.8. The van der Waals surface area contributed by atoms with E-state index in [2.05, 4.69) is 13.0 Å². The van der Waals surface area contributed by atoms with Crippen molar-refractivity contribution >= 4 is 0 Å². The van der Waals surface area contributed by atoms with E-state index in [-0.39, 0.29) is 0 Å². The van der Waals surface area contributed by atoms with Gasteiger partial charge in [-0.15, -0.1) is 0 Å². The molecule has 1 aromatic rings. The molecule has 0 aromatic carbocycles. The van der Waals surface area contributed by atoms with Gasteiger partial charge in [-0.25, -0.2) is 4.98 Å². The van der Waals surface area contributed by atoms with Gasteiger partial charge in [0.25, 0.3) is 0 Å². The lowest BCUT2D eigenvalue weighted by molar-refractivity contribution is 0.0962. The fourth-order valence-electron chi connectivity index (χ4n) is 3.35. The Balaban J connectivity index is 1.83. The van der Waals surface area contributed by atoms with Crippen LogP contribution in [0.1, 0.15) is 55.8 Å². The van der Waals surface area contributed by atoms with Crippen molar-refractivity contribution in [3.63, 3.8) is 0 Å². The molecule has 0 amide bonds. The summed E-state index contributed by atoms with van der Waals surface area (Å²) >= 11 is 0. The molecule has 0 spiro atoms. The van der Waals surface area contributed by atoms with Gasteiger partial charge in [-0.3, -0.25) is 0 Å². The SMILES string of the molecule is CC1CCCCC1Oc1nc2c(cc1CN)CCC2. The van der Waals surface area contributed by atoms with Crippen LogP contribution in [0.5, 0.6) is 5.88 Å². The van der Waals surface area contributed by atoms with Gasteiger partial charge in [0, 0.05) is 17.8 Å². The van der Waals surface area contributed by atoms with E-state index in [1.807, 2.05) is 0 Å². The molecule has 2 N–H and O–H groups in total. The summed E-state index contributed by atoms with van der Waals surface area (Å²) in [5, 5.41) is 0. The monoisotopic (exact) mass is 260 g/mol. The summed E-state index contributed by atoms with van der Waals surface area (Å²) in [6, 6.07) is 2.22. The second-order valence-corrected chi connectivity index (χ2v) is 6.03. The zero-order chi connectivity index (χ0) is 13.2. The van der Waals surface area contributed by atoms with Crippen LogP contribution in [-0.2, 0) is 19.4 Å². The van der Waals surface area contributed by atoms with Gasteiger partial charge in [0.05, 0.1) is 0 Å². The first-order valence-corrected chi connectivity index (χ1v) is 7.66. The molecule has 2 unspecified atom stereocenters. The first-order chi connectivity index (χ1) is 9.28. The predicted molar refractivity (Wildman–Crippen MR) is 76.2 cm³/mol. The zero-order valence-electron chi connectivity index (χ0n) is 11.8. The maximum Gasteiger partial charge on any atom is 0.218 e. The number of hydrogen-bond donors (Lipinski definition) is 1. The summed E-state index contributed by atoms with van der Waals surface area (Å²) in [4.78, 5) is 4.75. The molecule has 1 saturated carbocycles. The Morgan fingerprint density at radius 3 is 2.89 bits per heavy atom. The van der Waals surface area contributed by atoms with Crippen LogP contribution in [0, 0.1) is 5.92 Å². The highest BCUT2D eigenvalue weighted by Crippen LogP contribution is 2.31. The Morgan fingerprint density at radius 2 is 2.11 bits per heavy atom. The number of ether oxygens (including phenoxy) is 1. The fraction of sp³-hybridized carbons (Fsp3) is 0.688. The van der Waals surface area contributed by atoms with E-state index < -0.39 is 0 Å². The van der Waals surface area contributed by atoms with Crippen LogP contribution < -0.4 is 10.5 Å². The molecular weight excluding hydrogens is 236 g/mol. The van der Waals surface area contributed by atoms with Crippen molar-refractivity contribution in [2.24, 2.45) is 11.7 Å². The third-order valence-electron chi connectivity index (χ3n) is 4.61. The largest absolute Gasteiger partial charge is 0.474 e. The Hall–Kier alpha value is -1.09. The van der Waals surface area contributed by atoms with Gasteiger partial charge < -0.3 is 10.5 Å². The van der Waals surface area contributed by atoms with Gasteiger partial charge in [0.1, 0.15) is 6.10 Å². The Labute approximate surface area is 115 Å². The van der Waals surface area contributed by atoms with Crippen LogP contribution in [0.3, 0.4) is 0 Å². The summed E-state index contributed by atoms with van der Waals surface area (Å²) in [5.74, 6) is 1.44. The van der Waals surface area contributed by atoms with Crippen LogP contribution in [0.15, 0.2) is 6.07 Å². The van der Waals surface area contributed by atoms with Crippen LogP contribution >= 0.6 is 0 Å². The van der Waals surface area contributed by atoms with Crippen LogP contribution in [0.2, 0.25) is 0 Å². The van der Waals surface area contributed by atoms with Gasteiger partial charge in [-0.05, 0) is 56.1 Å². The highest BCUT2D eigenvalue weighted by atomic mass is 16.5. The quantitative estimate of drug-likeness (QED) is 0.909. The maximum absolute atomic E-state index is 6.22. The molecule has 3 nitrogen and oxygen atoms in total. The lowest BCUT2D eigenvalue weighted by Gasteiger charge is -2.29. The first kappa shape index (κ1) is 12.9. The molecule has 104 valence electrons. The van der Waals surface area contributed by atoms with Gasteiger partial charge in [0.2, 0.25) is 5.88 Å². The van der Waals surface area contributed by atoms with Crippen molar-refractivity contribution < 1.29 is 4.74 Å². The maximum atomic E-state index is 6.22. The Kier molecular flexibility index (Phi) is 3.74. The van der Waals surface area contributed by atoms with Crippen molar-refractivity contribution in [3.8, 4) is 5.88 Å². The second-order valence-electron chi connectivity index (χ2n) is 6.03. The summed E-state index contributed by atoms with van der Waals surface area (Å²) in [7, 11) is 0. The average molecular weight is 260 g/mol. The highest BCUT2D eigenvalue weighted by molar-refractivity contribution is 5.36. The molecule has 0 aliphatic heterocycles. The van der Waals surface area contributed by atoms with E-state index in [0.29, 0.717) is 18.6 Å². The third kappa shape index (κ3) is 2.62. The molecule has 2 atom stereocenters. The predicted octanol–water partition coefficient (Wildman–Crippen LogP) is 2.99. The van der Waals surface area contributed by atoms with Crippen LogP contribution in [0.4, 0.5) is 0 Å². The molecule has 2 aliphatic rings. The number of pyridine rings is 1. The van der Waals surface area contributed by atoms with E-state index in [1.54, 1.807) is 0 Å². The van der Waals surface area contributed by atoms with Crippen molar-refractivity contribution in [1.82, 2.24) is 4.98 Å². The number of nitrogens with zero attached hydrogens (tertiary/aromatic N) is 1. The smallest absolute Gasteiger partial charge is 0.218 e. The lowest BCUT2D eigenvalue weighted by atomic mass is 9.88. The molecule has 3 rings (SSSR count). The van der Waals surface area contributed by atoms with Crippen molar-refractivity contribution in [3.05, 3.63) is 22.9 Å². The minimum atomic E-state index is 0.325. The number of rotatable bonds is 3. The standard InChI is InChI=1S/C16H24N2O/c1-11-5-2-3-8-15(11)19-16-13(10-17)9-12-6-4-7-14(12)18-16/h9,11,15H,2-8,10,17H2,1H3. The topological polar surface area (TPSA) is 48.1 Å². The van der Waals surface area contributed by atoms with Crippen molar-refractivity contribution in [1.29, 1.82) is 0 Å². The fourth-order valence-corrected chi connectivity index (χ4v) is 3.35. The second kappa shape index (κ2) is 5.49. The van der Waals surface area contributed by atoms with E-state index >= 15 is 0 Å². The molecule has 0 radical (unpaired) electrons. The summed E-state index contributed by atoms with van der Waals surface area (Å²) in [6.45, 7) is 2.82. The summed E-state index contributed by atoms with van der Waals surface area (Å²) in [6.07, 6.45) is 8.82. The van der Waals surface area contributed by atoms with Crippen LogP contribution in [0.25, 0.3) is 0 Å². The third-order valence-corrected chi connectivity index (χ3v) is 4.61. The molecule has 1 aromatic heterocycles. The number of nitrogens with two attached hydrogens (primary N) is 1. The normalized spacial score (nSPS) is 26.2. The molecule has 3 heteroatoms. The van der Waals surface area contributed by atoms with E-state index in [4.69, 9.17) is 15.5 Å². The molecule has 2 aliphatic carbocycles. The molecule has 1 heterocycles. The Morgan fingerprint density at radius 1 is 1.26 bits per heavy atom. The minimum Gasteiger partial charge on any atom is -0.474 e. The van der Waals surface area contributed by atoms with E-state index in [1.165, 1.54) is 36.9 Å². The molecule has 19 heavy (non-hydrogen) atoms. The lowest BCUT2D eigenvalue weighted by Crippen LogP contribution is -2.29. The highest BCUT2D eigenvalue weighted by Gasteiger charge is 2.25. The number of fused-ring (bicyclic) bond motifs is 1. The van der Waals surface area contributed by atoms with Crippen molar-refractivity contribution in [2.45, 2.75) is 64.5 Å². The number of hydrogen-bond acceptors (Lipinski definition) is 3. The minimum absolute atomic E-state index is 0.325. The summed E-state index contributed by atoms with van der Waals surface area (Å²) in [5.41, 5.74) is 9.56. The first-order valence-electron chi connectivity index (χ1n) is 7.66. The van der Waals surface area contributed by atoms with E-state index in [9.17, 15) is 0 Å². The van der Waals surface area contributed by atoms with Gasteiger partial charge in [-0.1, -0.05) is 13.3 Å². The van der Waals surface area contributed by atoms with Crippen LogP contribution in [-0.4, -0.2) is 11.1 Å². The number of aryl methyl sites for hydroxylation is 2. The van der Waals surface area contributed by atoms with E-state index in [0.717, 1.165) is 30.7 Å². The summed E-state index contributed by atoms with van der Waals surface area (Å²) < 4.78 is 6.22. The molecule has 0 bridgehead atoms.